The monoisotopic (exact) mass is 434 g/mol. The van der Waals surface area contributed by atoms with E-state index in [1.807, 2.05) is 42.5 Å². The first-order valence-corrected chi connectivity index (χ1v) is 9.53. The first-order valence-electron chi connectivity index (χ1n) is 8.73. The smallest absolute Gasteiger partial charge is 0.257 e. The van der Waals surface area contributed by atoms with Crippen LogP contribution in [-0.4, -0.2) is 18.7 Å². The molecular weight excluding hydrogens is 416 g/mol. The first-order chi connectivity index (χ1) is 13.6. The molecule has 0 bridgehead atoms. The largest absolute Gasteiger partial charge is 0.387 e. The third-order valence-electron chi connectivity index (χ3n) is 4.19. The molecule has 1 amide bonds. The van der Waals surface area contributed by atoms with E-state index in [0.717, 1.165) is 15.7 Å². The van der Waals surface area contributed by atoms with Crippen LogP contribution in [0.1, 0.15) is 26.3 Å². The zero-order valence-electron chi connectivity index (χ0n) is 15.3. The van der Waals surface area contributed by atoms with Crippen LogP contribution >= 0.6 is 15.9 Å². The van der Waals surface area contributed by atoms with Gasteiger partial charge in [0.25, 0.3) is 5.91 Å². The van der Waals surface area contributed by atoms with Crippen molar-refractivity contribution in [3.63, 3.8) is 0 Å². The summed E-state index contributed by atoms with van der Waals surface area (Å²) >= 11 is 3.46. The van der Waals surface area contributed by atoms with E-state index in [2.05, 4.69) is 26.6 Å². The fourth-order valence-corrected chi connectivity index (χ4v) is 3.10. The summed E-state index contributed by atoms with van der Waals surface area (Å²) in [7, 11) is 1.77. The fourth-order valence-electron chi connectivity index (χ4n) is 2.69. The number of ketones is 1. The molecule has 0 radical (unpaired) electrons. The fraction of sp³-hybridized carbons (Fsp3) is 0.0435. The molecule has 0 aromatic heterocycles. The molecule has 2 N–H and O–H groups in total. The minimum atomic E-state index is -0.210. The van der Waals surface area contributed by atoms with Crippen LogP contribution in [0.25, 0.3) is 6.08 Å². The van der Waals surface area contributed by atoms with Gasteiger partial charge in [0.1, 0.15) is 0 Å². The van der Waals surface area contributed by atoms with Gasteiger partial charge in [0.15, 0.2) is 5.78 Å². The zero-order chi connectivity index (χ0) is 19.9. The molecular formula is C23H19BrN2O2. The van der Waals surface area contributed by atoms with Crippen molar-refractivity contribution in [2.24, 2.45) is 0 Å². The number of carbonyl (C=O) groups excluding carboxylic acids is 2. The van der Waals surface area contributed by atoms with Crippen LogP contribution in [0.15, 0.2) is 83.3 Å². The van der Waals surface area contributed by atoms with E-state index in [4.69, 9.17) is 0 Å². The third kappa shape index (κ3) is 4.75. The number of amides is 1. The van der Waals surface area contributed by atoms with Gasteiger partial charge in [0.2, 0.25) is 0 Å². The van der Waals surface area contributed by atoms with Crippen LogP contribution in [-0.2, 0) is 0 Å². The second kappa shape index (κ2) is 9.15. The number of hydrogen-bond acceptors (Lipinski definition) is 3. The SMILES string of the molecule is CNc1ccccc1C(=O)Nc1ccc(C(=O)/C=C/c2ccccc2Br)cc1. The summed E-state index contributed by atoms with van der Waals surface area (Å²) in [6.45, 7) is 0. The number of anilines is 2. The topological polar surface area (TPSA) is 58.2 Å². The number of hydrogen-bond donors (Lipinski definition) is 2. The number of rotatable bonds is 6. The van der Waals surface area contributed by atoms with Crippen molar-refractivity contribution in [1.82, 2.24) is 0 Å². The molecule has 4 nitrogen and oxygen atoms in total. The second-order valence-electron chi connectivity index (χ2n) is 6.05. The summed E-state index contributed by atoms with van der Waals surface area (Å²) in [5.74, 6) is -0.313. The van der Waals surface area contributed by atoms with Crippen molar-refractivity contribution in [3.8, 4) is 0 Å². The van der Waals surface area contributed by atoms with E-state index in [9.17, 15) is 9.59 Å². The van der Waals surface area contributed by atoms with Crippen molar-refractivity contribution in [2.45, 2.75) is 0 Å². The van der Waals surface area contributed by atoms with Gasteiger partial charge in [-0.2, -0.15) is 0 Å². The lowest BCUT2D eigenvalue weighted by atomic mass is 10.1. The molecule has 0 spiro atoms. The highest BCUT2D eigenvalue weighted by Gasteiger charge is 2.10. The van der Waals surface area contributed by atoms with Gasteiger partial charge in [0, 0.05) is 28.5 Å². The summed E-state index contributed by atoms with van der Waals surface area (Å²) in [6.07, 6.45) is 3.31. The summed E-state index contributed by atoms with van der Waals surface area (Å²) in [5.41, 5.74) is 3.42. The van der Waals surface area contributed by atoms with Crippen LogP contribution in [0, 0.1) is 0 Å². The summed E-state index contributed by atoms with van der Waals surface area (Å²) < 4.78 is 0.930. The minimum Gasteiger partial charge on any atom is -0.387 e. The van der Waals surface area contributed by atoms with Crippen molar-refractivity contribution >= 4 is 45.1 Å². The maximum Gasteiger partial charge on any atom is 0.257 e. The third-order valence-corrected chi connectivity index (χ3v) is 4.91. The molecule has 5 heteroatoms. The first kappa shape index (κ1) is 19.6. The van der Waals surface area contributed by atoms with E-state index in [0.29, 0.717) is 16.8 Å². The molecule has 0 atom stereocenters. The Morgan fingerprint density at radius 3 is 2.29 bits per heavy atom. The Hall–Kier alpha value is -3.18. The number of halogens is 1. The Morgan fingerprint density at radius 2 is 1.57 bits per heavy atom. The number of para-hydroxylation sites is 1. The zero-order valence-corrected chi connectivity index (χ0v) is 16.9. The molecule has 140 valence electrons. The van der Waals surface area contributed by atoms with Crippen LogP contribution in [0.5, 0.6) is 0 Å². The van der Waals surface area contributed by atoms with Crippen molar-refractivity contribution in [3.05, 3.63) is 100 Å². The van der Waals surface area contributed by atoms with Crippen LogP contribution in [0.4, 0.5) is 11.4 Å². The lowest BCUT2D eigenvalue weighted by Crippen LogP contribution is -2.14. The number of carbonyl (C=O) groups is 2. The van der Waals surface area contributed by atoms with Gasteiger partial charge in [-0.1, -0.05) is 46.3 Å². The van der Waals surface area contributed by atoms with E-state index in [1.54, 1.807) is 43.5 Å². The molecule has 3 rings (SSSR count). The average molecular weight is 435 g/mol. The maximum absolute atomic E-state index is 12.5. The van der Waals surface area contributed by atoms with Gasteiger partial charge in [-0.25, -0.2) is 0 Å². The molecule has 0 heterocycles. The molecule has 0 saturated carbocycles. The summed E-state index contributed by atoms with van der Waals surface area (Å²) in [4.78, 5) is 24.8. The van der Waals surface area contributed by atoms with Gasteiger partial charge in [-0.3, -0.25) is 9.59 Å². The van der Waals surface area contributed by atoms with Crippen molar-refractivity contribution in [2.75, 3.05) is 17.7 Å². The Bertz CT molecular complexity index is 1030. The Morgan fingerprint density at radius 1 is 0.893 bits per heavy atom. The Kier molecular flexibility index (Phi) is 6.40. The highest BCUT2D eigenvalue weighted by molar-refractivity contribution is 9.10. The molecule has 0 fully saturated rings. The van der Waals surface area contributed by atoms with Gasteiger partial charge in [-0.05, 0) is 60.2 Å². The van der Waals surface area contributed by atoms with E-state index in [1.165, 1.54) is 6.08 Å². The van der Waals surface area contributed by atoms with Crippen molar-refractivity contribution < 1.29 is 9.59 Å². The average Bonchev–Trinajstić information content (AvgIpc) is 2.73. The molecule has 0 aliphatic rings. The highest BCUT2D eigenvalue weighted by atomic mass is 79.9. The summed E-state index contributed by atoms with van der Waals surface area (Å²) in [5, 5.41) is 5.85. The van der Waals surface area contributed by atoms with E-state index in [-0.39, 0.29) is 11.7 Å². The molecule has 0 unspecified atom stereocenters. The standard InChI is InChI=1S/C23H19BrN2O2/c1-25-21-9-5-3-7-19(21)23(28)26-18-13-10-17(11-14-18)22(27)15-12-16-6-2-4-8-20(16)24/h2-15,25H,1H3,(H,26,28)/b15-12+. The lowest BCUT2D eigenvalue weighted by molar-refractivity contribution is 0.102. The molecule has 28 heavy (non-hydrogen) atoms. The number of allylic oxidation sites excluding steroid dienone is 1. The predicted octanol–water partition coefficient (Wildman–Crippen LogP) is 5.64. The lowest BCUT2D eigenvalue weighted by Gasteiger charge is -2.10. The van der Waals surface area contributed by atoms with E-state index < -0.39 is 0 Å². The Balaban J connectivity index is 1.68. The molecule has 0 aliphatic heterocycles. The minimum absolute atomic E-state index is 0.103. The molecule has 0 aliphatic carbocycles. The van der Waals surface area contributed by atoms with E-state index >= 15 is 0 Å². The maximum atomic E-state index is 12.5. The number of nitrogens with one attached hydrogen (secondary N) is 2. The highest BCUT2D eigenvalue weighted by Crippen LogP contribution is 2.19. The van der Waals surface area contributed by atoms with Gasteiger partial charge in [-0.15, -0.1) is 0 Å². The quantitative estimate of drug-likeness (QED) is 0.389. The van der Waals surface area contributed by atoms with Crippen molar-refractivity contribution in [1.29, 1.82) is 0 Å². The molecule has 0 saturated heterocycles. The van der Waals surface area contributed by atoms with Gasteiger partial charge < -0.3 is 10.6 Å². The molecule has 3 aromatic rings. The van der Waals surface area contributed by atoms with Crippen LogP contribution in [0.2, 0.25) is 0 Å². The normalized spacial score (nSPS) is 10.6. The van der Waals surface area contributed by atoms with Gasteiger partial charge in [0.05, 0.1) is 5.56 Å². The predicted molar refractivity (Wildman–Crippen MR) is 118 cm³/mol. The summed E-state index contributed by atoms with van der Waals surface area (Å²) in [6, 6.07) is 21.8. The van der Waals surface area contributed by atoms with Crippen LogP contribution in [0.3, 0.4) is 0 Å². The molecule has 3 aromatic carbocycles. The Labute approximate surface area is 172 Å². The van der Waals surface area contributed by atoms with Crippen LogP contribution < -0.4 is 10.6 Å². The second-order valence-corrected chi connectivity index (χ2v) is 6.90. The number of benzene rings is 3. The van der Waals surface area contributed by atoms with Gasteiger partial charge >= 0.3 is 0 Å².